The molecule has 172 valence electrons. The van der Waals surface area contributed by atoms with Gasteiger partial charge in [0.15, 0.2) is 5.70 Å². The van der Waals surface area contributed by atoms with Crippen LogP contribution in [-0.2, 0) is 16.1 Å². The second-order valence-corrected chi connectivity index (χ2v) is 10.9. The number of hydrogen-bond donors (Lipinski definition) is 0. The molecule has 0 unspecified atom stereocenters. The minimum absolute atomic E-state index is 0.0428. The normalized spacial score (nSPS) is 14.2. The first-order valence-corrected chi connectivity index (χ1v) is 13.1. The van der Waals surface area contributed by atoms with Gasteiger partial charge in [-0.15, -0.1) is 0 Å². The number of nitro groups is 1. The smallest absolute Gasteiger partial charge is 0.363 e. The van der Waals surface area contributed by atoms with Crippen LogP contribution < -0.4 is 4.74 Å². The molecule has 0 amide bonds. The van der Waals surface area contributed by atoms with Crippen molar-refractivity contribution in [1.82, 2.24) is 0 Å². The summed E-state index contributed by atoms with van der Waals surface area (Å²) in [5.41, 5.74) is 2.80. The molecule has 0 spiro atoms. The van der Waals surface area contributed by atoms with Gasteiger partial charge in [0.1, 0.15) is 12.4 Å². The zero-order valence-corrected chi connectivity index (χ0v) is 24.0. The first-order valence-electron chi connectivity index (χ1n) is 9.85. The lowest BCUT2D eigenvalue weighted by Crippen LogP contribution is -2.06. The van der Waals surface area contributed by atoms with Gasteiger partial charge in [-0.3, -0.25) is 10.1 Å². The minimum Gasteiger partial charge on any atom is -0.487 e. The number of cyclic esters (lactones) is 1. The van der Waals surface area contributed by atoms with E-state index in [1.54, 1.807) is 25.1 Å². The standard InChI is InChI=1S/C24H15I3N2O5/c1-13-2-5-16(11-21(13)29(31)32)23-28-20(24(30)34-23)10-15-8-18(26)22(19(27)9-15)33-12-14-3-6-17(25)7-4-14/h2-11H,12H2,1H3/b20-10-. The van der Waals surface area contributed by atoms with Gasteiger partial charge >= 0.3 is 5.97 Å². The summed E-state index contributed by atoms with van der Waals surface area (Å²) in [6.07, 6.45) is 1.63. The van der Waals surface area contributed by atoms with E-state index in [1.807, 2.05) is 36.4 Å². The molecule has 4 rings (SSSR count). The summed E-state index contributed by atoms with van der Waals surface area (Å²) in [5, 5.41) is 11.2. The predicted molar refractivity (Wildman–Crippen MR) is 154 cm³/mol. The topological polar surface area (TPSA) is 91.0 Å². The zero-order chi connectivity index (χ0) is 24.4. The Morgan fingerprint density at radius 3 is 2.38 bits per heavy atom. The van der Waals surface area contributed by atoms with Gasteiger partial charge in [0.05, 0.1) is 12.1 Å². The fourth-order valence-electron chi connectivity index (χ4n) is 3.17. The minimum atomic E-state index is -0.609. The molecule has 0 bridgehead atoms. The van der Waals surface area contributed by atoms with Gasteiger partial charge in [0.2, 0.25) is 5.90 Å². The summed E-state index contributed by atoms with van der Waals surface area (Å²) in [7, 11) is 0. The predicted octanol–water partition coefficient (Wildman–Crippen LogP) is 6.64. The van der Waals surface area contributed by atoms with E-state index in [4.69, 9.17) is 9.47 Å². The van der Waals surface area contributed by atoms with E-state index in [0.29, 0.717) is 17.7 Å². The lowest BCUT2D eigenvalue weighted by Gasteiger charge is -2.11. The number of nitro benzene ring substituents is 1. The van der Waals surface area contributed by atoms with Gasteiger partial charge in [0, 0.05) is 20.8 Å². The number of halogens is 3. The molecule has 0 N–H and O–H groups in total. The van der Waals surface area contributed by atoms with Gasteiger partial charge in [-0.2, -0.15) is 0 Å². The molecule has 0 saturated heterocycles. The van der Waals surface area contributed by atoms with Gasteiger partial charge in [0.25, 0.3) is 5.69 Å². The van der Waals surface area contributed by atoms with Crippen LogP contribution in [0, 0.1) is 27.7 Å². The molecule has 34 heavy (non-hydrogen) atoms. The van der Waals surface area contributed by atoms with E-state index < -0.39 is 10.9 Å². The molecule has 0 radical (unpaired) electrons. The fourth-order valence-corrected chi connectivity index (χ4v) is 5.65. The lowest BCUT2D eigenvalue weighted by molar-refractivity contribution is -0.385. The Morgan fingerprint density at radius 2 is 1.74 bits per heavy atom. The van der Waals surface area contributed by atoms with Crippen molar-refractivity contribution < 1.29 is 19.2 Å². The Bertz CT molecular complexity index is 1340. The molecule has 0 saturated carbocycles. The second kappa shape index (κ2) is 10.7. The molecule has 7 nitrogen and oxygen atoms in total. The van der Waals surface area contributed by atoms with Crippen LogP contribution in [0.3, 0.4) is 0 Å². The van der Waals surface area contributed by atoms with E-state index >= 15 is 0 Å². The maximum Gasteiger partial charge on any atom is 0.363 e. The van der Waals surface area contributed by atoms with Gasteiger partial charge < -0.3 is 9.47 Å². The molecule has 0 aromatic heterocycles. The first kappa shape index (κ1) is 25.0. The summed E-state index contributed by atoms with van der Waals surface area (Å²) in [6, 6.07) is 16.5. The Balaban J connectivity index is 1.57. The van der Waals surface area contributed by atoms with Crippen molar-refractivity contribution in [2.45, 2.75) is 13.5 Å². The summed E-state index contributed by atoms with van der Waals surface area (Å²) in [6.45, 7) is 2.10. The van der Waals surface area contributed by atoms with Crippen LogP contribution >= 0.6 is 67.8 Å². The van der Waals surface area contributed by atoms with Crippen molar-refractivity contribution in [3.05, 3.63) is 103 Å². The van der Waals surface area contributed by atoms with Gasteiger partial charge in [-0.25, -0.2) is 9.79 Å². The number of carbonyl (C=O) groups excluding carboxylic acids is 1. The number of esters is 1. The van der Waals surface area contributed by atoms with Crippen LogP contribution in [0.25, 0.3) is 6.08 Å². The van der Waals surface area contributed by atoms with Crippen molar-refractivity contribution in [2.75, 3.05) is 0 Å². The monoisotopic (exact) mass is 792 g/mol. The molecule has 0 aliphatic carbocycles. The number of ether oxygens (including phenoxy) is 2. The van der Waals surface area contributed by atoms with E-state index in [9.17, 15) is 14.9 Å². The number of carbonyl (C=O) groups is 1. The second-order valence-electron chi connectivity index (χ2n) is 7.32. The first-order chi connectivity index (χ1) is 16.2. The number of rotatable bonds is 6. The molecular formula is C24H15I3N2O5. The average molecular weight is 792 g/mol. The number of hydrogen-bond acceptors (Lipinski definition) is 6. The summed E-state index contributed by atoms with van der Waals surface area (Å²) in [4.78, 5) is 27.4. The zero-order valence-electron chi connectivity index (χ0n) is 17.6. The van der Waals surface area contributed by atoms with Crippen molar-refractivity contribution in [3.63, 3.8) is 0 Å². The van der Waals surface area contributed by atoms with E-state index in [1.165, 1.54) is 9.64 Å². The van der Waals surface area contributed by atoms with Crippen molar-refractivity contribution >= 4 is 91.4 Å². The van der Waals surface area contributed by atoms with E-state index in [-0.39, 0.29) is 17.3 Å². The third-order valence-corrected chi connectivity index (χ3v) is 7.22. The molecule has 1 aliphatic rings. The molecule has 1 aliphatic heterocycles. The number of aliphatic imine (C=N–C) groups is 1. The third-order valence-electron chi connectivity index (χ3n) is 4.89. The van der Waals surface area contributed by atoms with Crippen LogP contribution in [-0.4, -0.2) is 16.8 Å². The highest BCUT2D eigenvalue weighted by Gasteiger charge is 2.26. The molecular weight excluding hydrogens is 777 g/mol. The molecule has 0 atom stereocenters. The maximum atomic E-state index is 12.4. The van der Waals surface area contributed by atoms with Crippen molar-refractivity contribution in [2.24, 2.45) is 4.99 Å². The number of nitrogens with zero attached hydrogens (tertiary/aromatic N) is 2. The Hall–Kier alpha value is -2.07. The van der Waals surface area contributed by atoms with E-state index in [0.717, 1.165) is 24.0 Å². The van der Waals surface area contributed by atoms with Gasteiger partial charge in [-0.05, 0) is 122 Å². The summed E-state index contributed by atoms with van der Waals surface area (Å²) in [5.74, 6) is 0.204. The van der Waals surface area contributed by atoms with E-state index in [2.05, 4.69) is 72.8 Å². The highest BCUT2D eigenvalue weighted by atomic mass is 127. The average Bonchev–Trinajstić information content (AvgIpc) is 3.14. The van der Waals surface area contributed by atoms with Crippen LogP contribution in [0.4, 0.5) is 5.69 Å². The number of benzene rings is 3. The van der Waals surface area contributed by atoms with Crippen LogP contribution in [0.2, 0.25) is 0 Å². The summed E-state index contributed by atoms with van der Waals surface area (Å²) >= 11 is 6.67. The van der Waals surface area contributed by atoms with Crippen LogP contribution in [0.15, 0.2) is 65.3 Å². The largest absolute Gasteiger partial charge is 0.487 e. The number of aryl methyl sites for hydroxylation is 1. The van der Waals surface area contributed by atoms with Crippen molar-refractivity contribution in [1.29, 1.82) is 0 Å². The Kier molecular flexibility index (Phi) is 7.87. The molecule has 0 fully saturated rings. The molecule has 3 aromatic carbocycles. The maximum absolute atomic E-state index is 12.4. The van der Waals surface area contributed by atoms with Crippen LogP contribution in [0.5, 0.6) is 5.75 Å². The SMILES string of the molecule is Cc1ccc(C2=N/C(=C\c3cc(I)c(OCc4ccc(I)cc4)c(I)c3)C(=O)O2)cc1[N+](=O)[O-]. The Morgan fingerprint density at radius 1 is 1.06 bits per heavy atom. The molecule has 1 heterocycles. The quantitative estimate of drug-likeness (QED) is 0.0919. The Labute approximate surface area is 236 Å². The van der Waals surface area contributed by atoms with Gasteiger partial charge in [-0.1, -0.05) is 18.2 Å². The lowest BCUT2D eigenvalue weighted by atomic mass is 10.1. The third kappa shape index (κ3) is 5.76. The van der Waals surface area contributed by atoms with Crippen molar-refractivity contribution in [3.8, 4) is 5.75 Å². The summed E-state index contributed by atoms with van der Waals surface area (Å²) < 4.78 is 14.3. The highest BCUT2D eigenvalue weighted by Crippen LogP contribution is 2.31. The fraction of sp³-hybridized carbons (Fsp3) is 0.0833. The highest BCUT2D eigenvalue weighted by molar-refractivity contribution is 14.1. The molecule has 10 heteroatoms. The van der Waals surface area contributed by atoms with Crippen LogP contribution in [0.1, 0.15) is 22.3 Å². The molecule has 3 aromatic rings.